The van der Waals surface area contributed by atoms with Crippen LogP contribution in [0.5, 0.6) is 0 Å². The molecule has 2 aromatic rings. The van der Waals surface area contributed by atoms with E-state index in [1.54, 1.807) is 12.3 Å². The van der Waals surface area contributed by atoms with Crippen molar-refractivity contribution in [3.05, 3.63) is 35.6 Å². The Balaban J connectivity index is 2.42. The molecule has 2 rings (SSSR count). The molecule has 0 spiro atoms. The second-order valence-electron chi connectivity index (χ2n) is 2.61. The molecule has 0 aliphatic carbocycles. The number of aromatic nitrogens is 3. The zero-order valence-corrected chi connectivity index (χ0v) is 8.07. The van der Waals surface area contributed by atoms with Gasteiger partial charge in [-0.3, -0.25) is 0 Å². The fourth-order valence-corrected chi connectivity index (χ4v) is 1.25. The molecular weight excluding hydrogens is 209 g/mol. The van der Waals surface area contributed by atoms with Crippen molar-refractivity contribution in [3.8, 4) is 5.69 Å². The van der Waals surface area contributed by atoms with Gasteiger partial charge >= 0.3 is 0 Å². The Morgan fingerprint density at radius 2 is 2.36 bits per heavy atom. The summed E-state index contributed by atoms with van der Waals surface area (Å²) in [6, 6.07) is 2.91. The Labute approximate surface area is 84.4 Å². The minimum Gasteiger partial charge on any atom is -0.415 e. The third-order valence-corrected chi connectivity index (χ3v) is 1.95. The van der Waals surface area contributed by atoms with E-state index in [9.17, 15) is 4.39 Å². The molecule has 4 nitrogen and oxygen atoms in total. The van der Waals surface area contributed by atoms with Gasteiger partial charge < -0.3 is 4.84 Å². The van der Waals surface area contributed by atoms with Gasteiger partial charge in [0.05, 0.1) is 11.9 Å². The molecule has 6 heteroatoms. The molecule has 0 radical (unpaired) electrons. The molecule has 0 saturated heterocycles. The minimum absolute atomic E-state index is 0.357. The van der Waals surface area contributed by atoms with Crippen LogP contribution in [0.3, 0.4) is 0 Å². The molecule has 0 saturated carbocycles. The number of halogens is 2. The van der Waals surface area contributed by atoms with Crippen molar-refractivity contribution in [2.24, 2.45) is 0 Å². The van der Waals surface area contributed by atoms with E-state index >= 15 is 0 Å². The van der Waals surface area contributed by atoms with E-state index in [-0.39, 0.29) is 0 Å². The summed E-state index contributed by atoms with van der Waals surface area (Å²) in [7, 11) is 1.38. The fraction of sp³-hybridized carbons (Fsp3) is 0.125. The van der Waals surface area contributed by atoms with Gasteiger partial charge in [0.25, 0.3) is 0 Å². The standard InChI is InChI=1S/C8H7ClFN3O/c1-14-13-5-6(4-8(13)10)12-3-2-7(9)11-12/h2-5H,1H3. The van der Waals surface area contributed by atoms with Crippen molar-refractivity contribution in [1.29, 1.82) is 0 Å². The first-order chi connectivity index (χ1) is 6.70. The molecule has 2 aromatic heterocycles. The molecule has 0 atom stereocenters. The molecular formula is C8H7ClFN3O. The fourth-order valence-electron chi connectivity index (χ4n) is 1.12. The second kappa shape index (κ2) is 3.34. The van der Waals surface area contributed by atoms with Crippen LogP contribution in [0.25, 0.3) is 5.69 Å². The third kappa shape index (κ3) is 1.46. The monoisotopic (exact) mass is 215 g/mol. The van der Waals surface area contributed by atoms with Gasteiger partial charge in [-0.15, -0.1) is 0 Å². The molecule has 2 heterocycles. The molecule has 0 aliphatic heterocycles. The lowest BCUT2D eigenvalue weighted by atomic mass is 10.5. The molecule has 0 fully saturated rings. The number of nitrogens with zero attached hydrogens (tertiary/aromatic N) is 3. The van der Waals surface area contributed by atoms with E-state index in [0.717, 1.165) is 4.73 Å². The zero-order valence-electron chi connectivity index (χ0n) is 7.32. The molecule has 74 valence electrons. The highest BCUT2D eigenvalue weighted by atomic mass is 35.5. The summed E-state index contributed by atoms with van der Waals surface area (Å²) in [6.07, 6.45) is 3.11. The highest BCUT2D eigenvalue weighted by Crippen LogP contribution is 2.12. The molecule has 0 amide bonds. The minimum atomic E-state index is -0.492. The second-order valence-corrected chi connectivity index (χ2v) is 3.00. The molecule has 0 N–H and O–H groups in total. The van der Waals surface area contributed by atoms with Gasteiger partial charge in [-0.2, -0.15) is 14.2 Å². The summed E-state index contributed by atoms with van der Waals surface area (Å²) in [6.45, 7) is 0. The maximum absolute atomic E-state index is 13.1. The summed E-state index contributed by atoms with van der Waals surface area (Å²) in [5.41, 5.74) is 0.552. The van der Waals surface area contributed by atoms with Crippen LogP contribution in [0.1, 0.15) is 0 Å². The summed E-state index contributed by atoms with van der Waals surface area (Å²) >= 11 is 5.63. The molecule has 0 aromatic carbocycles. The highest BCUT2D eigenvalue weighted by Gasteiger charge is 2.07. The first-order valence-electron chi connectivity index (χ1n) is 3.84. The lowest BCUT2D eigenvalue weighted by molar-refractivity contribution is 0.135. The van der Waals surface area contributed by atoms with Crippen LogP contribution >= 0.6 is 11.6 Å². The Hall–Kier alpha value is -1.49. The zero-order chi connectivity index (χ0) is 10.1. The van der Waals surface area contributed by atoms with E-state index in [4.69, 9.17) is 16.4 Å². The number of rotatable bonds is 2. The highest BCUT2D eigenvalue weighted by molar-refractivity contribution is 6.29. The summed E-state index contributed by atoms with van der Waals surface area (Å²) < 4.78 is 15.5. The summed E-state index contributed by atoms with van der Waals surface area (Å²) in [4.78, 5) is 4.72. The Morgan fingerprint density at radius 3 is 2.86 bits per heavy atom. The maximum atomic E-state index is 13.1. The Bertz CT molecular complexity index is 451. The van der Waals surface area contributed by atoms with Crippen molar-refractivity contribution in [2.75, 3.05) is 7.11 Å². The van der Waals surface area contributed by atoms with Gasteiger partial charge in [0.2, 0.25) is 5.95 Å². The number of hydrogen-bond acceptors (Lipinski definition) is 2. The van der Waals surface area contributed by atoms with Crippen molar-refractivity contribution < 1.29 is 9.23 Å². The first-order valence-corrected chi connectivity index (χ1v) is 4.22. The van der Waals surface area contributed by atoms with Crippen molar-refractivity contribution in [1.82, 2.24) is 14.5 Å². The molecule has 0 bridgehead atoms. The van der Waals surface area contributed by atoms with E-state index in [2.05, 4.69) is 5.10 Å². The van der Waals surface area contributed by atoms with Gasteiger partial charge in [0.1, 0.15) is 7.11 Å². The van der Waals surface area contributed by atoms with Crippen molar-refractivity contribution in [3.63, 3.8) is 0 Å². The average molecular weight is 216 g/mol. The van der Waals surface area contributed by atoms with Crippen LogP contribution in [-0.2, 0) is 0 Å². The molecule has 0 unspecified atom stereocenters. The van der Waals surface area contributed by atoms with Crippen molar-refractivity contribution >= 4 is 11.6 Å². The van der Waals surface area contributed by atoms with Crippen LogP contribution in [0.15, 0.2) is 24.5 Å². The lowest BCUT2D eigenvalue weighted by Gasteiger charge is -1.98. The smallest absolute Gasteiger partial charge is 0.229 e. The predicted octanol–water partition coefficient (Wildman–Crippen LogP) is 1.52. The lowest BCUT2D eigenvalue weighted by Crippen LogP contribution is -2.05. The van der Waals surface area contributed by atoms with E-state index in [0.29, 0.717) is 10.8 Å². The number of hydrogen-bond donors (Lipinski definition) is 0. The molecule has 14 heavy (non-hydrogen) atoms. The quantitative estimate of drug-likeness (QED) is 0.761. The summed E-state index contributed by atoms with van der Waals surface area (Å²) in [5, 5.41) is 4.27. The van der Waals surface area contributed by atoms with Crippen molar-refractivity contribution in [2.45, 2.75) is 0 Å². The van der Waals surface area contributed by atoms with Crippen LogP contribution in [0.4, 0.5) is 4.39 Å². The maximum Gasteiger partial charge on any atom is 0.229 e. The topological polar surface area (TPSA) is 32.0 Å². The Morgan fingerprint density at radius 1 is 1.57 bits per heavy atom. The Kier molecular flexibility index (Phi) is 2.17. The van der Waals surface area contributed by atoms with Gasteiger partial charge in [-0.1, -0.05) is 11.6 Å². The van der Waals surface area contributed by atoms with Gasteiger partial charge in [0.15, 0.2) is 5.15 Å². The third-order valence-electron chi connectivity index (χ3n) is 1.74. The normalized spacial score (nSPS) is 10.5. The van der Waals surface area contributed by atoms with Crippen LogP contribution in [-0.4, -0.2) is 21.6 Å². The van der Waals surface area contributed by atoms with E-state index in [1.807, 2.05) is 0 Å². The van der Waals surface area contributed by atoms with Crippen LogP contribution < -0.4 is 4.84 Å². The van der Waals surface area contributed by atoms with Gasteiger partial charge in [-0.25, -0.2) is 4.68 Å². The van der Waals surface area contributed by atoms with E-state index in [1.165, 1.54) is 24.1 Å². The summed E-state index contributed by atoms with van der Waals surface area (Å²) in [5.74, 6) is -0.492. The SMILES string of the molecule is COn1cc(-n2ccc(Cl)n2)cc1F. The predicted molar refractivity (Wildman–Crippen MR) is 49.0 cm³/mol. The van der Waals surface area contributed by atoms with Gasteiger partial charge in [-0.05, 0) is 6.07 Å². The average Bonchev–Trinajstić information content (AvgIpc) is 2.71. The van der Waals surface area contributed by atoms with Gasteiger partial charge in [0, 0.05) is 12.3 Å². The first kappa shape index (κ1) is 9.08. The van der Waals surface area contributed by atoms with Crippen LogP contribution in [0.2, 0.25) is 5.15 Å². The van der Waals surface area contributed by atoms with E-state index < -0.39 is 5.95 Å². The molecule has 0 aliphatic rings. The largest absolute Gasteiger partial charge is 0.415 e. The van der Waals surface area contributed by atoms with Crippen LogP contribution in [0, 0.1) is 5.95 Å².